The van der Waals surface area contributed by atoms with Gasteiger partial charge in [-0.15, -0.1) is 0 Å². The van der Waals surface area contributed by atoms with Gasteiger partial charge in [-0.05, 0) is 20.4 Å². The van der Waals surface area contributed by atoms with Crippen LogP contribution in [-0.2, 0) is 10.0 Å². The number of nitrogens with zero attached hydrogens (tertiary/aromatic N) is 3. The molecule has 92 valence electrons. The summed E-state index contributed by atoms with van der Waals surface area (Å²) < 4.78 is 25.3. The Balaban J connectivity index is 2.76. The second-order valence-corrected chi connectivity index (χ2v) is 6.41. The Morgan fingerprint density at radius 2 is 2.12 bits per heavy atom. The Labute approximate surface area is 97.7 Å². The van der Waals surface area contributed by atoms with Gasteiger partial charge in [-0.2, -0.15) is 9.57 Å². The molecule has 16 heavy (non-hydrogen) atoms. The van der Waals surface area contributed by atoms with Crippen LogP contribution in [0.4, 0.5) is 0 Å². The largest absolute Gasteiger partial charge is 0.298 e. The van der Waals surface area contributed by atoms with Crippen LogP contribution < -0.4 is 0 Å². The van der Waals surface area contributed by atoms with Crippen molar-refractivity contribution in [3.63, 3.8) is 0 Å². The van der Waals surface area contributed by atoms with Crippen LogP contribution in [-0.4, -0.2) is 55.1 Å². The molecule has 0 aromatic carbocycles. The van der Waals surface area contributed by atoms with Gasteiger partial charge in [0, 0.05) is 25.7 Å². The third kappa shape index (κ3) is 2.54. The summed E-state index contributed by atoms with van der Waals surface area (Å²) in [7, 11) is -3.43. The van der Waals surface area contributed by atoms with Crippen LogP contribution in [0.25, 0.3) is 0 Å². The van der Waals surface area contributed by atoms with E-state index in [4.69, 9.17) is 5.26 Å². The fourth-order valence-electron chi connectivity index (χ4n) is 1.95. The van der Waals surface area contributed by atoms with Crippen molar-refractivity contribution < 1.29 is 8.42 Å². The fraction of sp³-hybridized carbons (Fsp3) is 0.900. The summed E-state index contributed by atoms with van der Waals surface area (Å²) >= 11 is 0. The first-order chi connectivity index (χ1) is 7.43. The first-order valence-electron chi connectivity index (χ1n) is 5.56. The third-order valence-corrected chi connectivity index (χ3v) is 5.17. The highest BCUT2D eigenvalue weighted by Gasteiger charge is 2.33. The molecule has 1 saturated heterocycles. The number of rotatable bonds is 3. The van der Waals surface area contributed by atoms with Crippen LogP contribution in [0.3, 0.4) is 0 Å². The van der Waals surface area contributed by atoms with Crippen LogP contribution in [0, 0.1) is 11.3 Å². The van der Waals surface area contributed by atoms with Gasteiger partial charge in [0.2, 0.25) is 10.0 Å². The first kappa shape index (κ1) is 13.4. The van der Waals surface area contributed by atoms with Gasteiger partial charge in [0.25, 0.3) is 0 Å². The third-order valence-electron chi connectivity index (χ3n) is 3.12. The Kier molecular flexibility index (Phi) is 4.30. The molecule has 1 aliphatic rings. The van der Waals surface area contributed by atoms with E-state index in [1.807, 2.05) is 6.92 Å². The highest BCUT2D eigenvalue weighted by molar-refractivity contribution is 7.89. The topological polar surface area (TPSA) is 64.4 Å². The average molecular weight is 245 g/mol. The summed E-state index contributed by atoms with van der Waals surface area (Å²) in [6.07, 6.45) is 0. The minimum absolute atomic E-state index is 0.222. The lowest BCUT2D eigenvalue weighted by molar-refractivity contribution is 0.135. The van der Waals surface area contributed by atoms with Crippen molar-refractivity contribution >= 4 is 10.0 Å². The SMILES string of the molecule is CCN1CCN(S(=O)(=O)C(C)C#N)CC1C. The lowest BCUT2D eigenvalue weighted by atomic mass is 10.2. The first-order valence-corrected chi connectivity index (χ1v) is 7.06. The van der Waals surface area contributed by atoms with Crippen molar-refractivity contribution in [3.05, 3.63) is 0 Å². The highest BCUT2D eigenvalue weighted by atomic mass is 32.2. The Morgan fingerprint density at radius 3 is 2.56 bits per heavy atom. The maximum Gasteiger partial charge on any atom is 0.230 e. The van der Waals surface area contributed by atoms with Crippen molar-refractivity contribution in [1.82, 2.24) is 9.21 Å². The number of nitriles is 1. The van der Waals surface area contributed by atoms with Gasteiger partial charge in [-0.25, -0.2) is 8.42 Å². The molecule has 2 unspecified atom stereocenters. The molecule has 2 atom stereocenters. The zero-order valence-corrected chi connectivity index (χ0v) is 10.9. The summed E-state index contributed by atoms with van der Waals surface area (Å²) in [5.41, 5.74) is 0. The highest BCUT2D eigenvalue weighted by Crippen LogP contribution is 2.15. The molecule has 1 aliphatic heterocycles. The molecular formula is C10H19N3O2S. The molecule has 0 amide bonds. The fourth-order valence-corrected chi connectivity index (χ4v) is 3.29. The molecule has 0 spiro atoms. The minimum Gasteiger partial charge on any atom is -0.298 e. The Hall–Kier alpha value is -0.640. The molecule has 0 aliphatic carbocycles. The average Bonchev–Trinajstić information content (AvgIpc) is 2.27. The van der Waals surface area contributed by atoms with Crippen molar-refractivity contribution in [2.45, 2.75) is 32.1 Å². The van der Waals surface area contributed by atoms with E-state index >= 15 is 0 Å². The number of hydrogen-bond donors (Lipinski definition) is 0. The predicted molar refractivity (Wildman–Crippen MR) is 62.3 cm³/mol. The van der Waals surface area contributed by atoms with Crippen LogP contribution in [0.15, 0.2) is 0 Å². The zero-order valence-electron chi connectivity index (χ0n) is 10.0. The van der Waals surface area contributed by atoms with Gasteiger partial charge in [0.15, 0.2) is 5.25 Å². The van der Waals surface area contributed by atoms with Gasteiger partial charge in [0.05, 0.1) is 6.07 Å². The van der Waals surface area contributed by atoms with Crippen molar-refractivity contribution in [3.8, 4) is 6.07 Å². The standard InChI is InChI=1S/C10H19N3O2S/c1-4-12-5-6-13(8-9(12)2)16(14,15)10(3)7-11/h9-10H,4-6,8H2,1-3H3. The number of likely N-dealkylation sites (N-methyl/N-ethyl adjacent to an activating group) is 1. The molecule has 0 saturated carbocycles. The summed E-state index contributed by atoms with van der Waals surface area (Å²) in [4.78, 5) is 2.24. The normalized spacial score (nSPS) is 26.2. The van der Waals surface area contributed by atoms with Crippen molar-refractivity contribution in [1.29, 1.82) is 5.26 Å². The molecule has 1 rings (SSSR count). The van der Waals surface area contributed by atoms with E-state index in [1.54, 1.807) is 6.07 Å². The lowest BCUT2D eigenvalue weighted by Gasteiger charge is -2.38. The maximum atomic E-state index is 11.9. The summed E-state index contributed by atoms with van der Waals surface area (Å²) in [5.74, 6) is 0. The van der Waals surface area contributed by atoms with Gasteiger partial charge in [0.1, 0.15) is 0 Å². The predicted octanol–water partition coefficient (Wildman–Crippen LogP) is 0.254. The summed E-state index contributed by atoms with van der Waals surface area (Å²) in [6, 6.07) is 2.02. The van der Waals surface area contributed by atoms with Crippen LogP contribution >= 0.6 is 0 Å². The number of hydrogen-bond acceptors (Lipinski definition) is 4. The van der Waals surface area contributed by atoms with E-state index in [2.05, 4.69) is 11.8 Å². The van der Waals surface area contributed by atoms with E-state index in [1.165, 1.54) is 11.2 Å². The zero-order chi connectivity index (χ0) is 12.3. The molecule has 6 heteroatoms. The van der Waals surface area contributed by atoms with E-state index in [-0.39, 0.29) is 6.04 Å². The smallest absolute Gasteiger partial charge is 0.230 e. The van der Waals surface area contributed by atoms with E-state index in [0.29, 0.717) is 13.1 Å². The molecule has 0 aromatic rings. The van der Waals surface area contributed by atoms with Gasteiger partial charge in [-0.1, -0.05) is 6.92 Å². The van der Waals surface area contributed by atoms with Crippen LogP contribution in [0.1, 0.15) is 20.8 Å². The summed E-state index contributed by atoms with van der Waals surface area (Å²) in [6.45, 7) is 8.18. The van der Waals surface area contributed by atoms with E-state index < -0.39 is 15.3 Å². The Bertz CT molecular complexity index is 374. The molecule has 1 fully saturated rings. The Morgan fingerprint density at radius 1 is 1.50 bits per heavy atom. The molecular weight excluding hydrogens is 226 g/mol. The van der Waals surface area contributed by atoms with Crippen LogP contribution in [0.2, 0.25) is 0 Å². The second kappa shape index (κ2) is 5.13. The number of sulfonamides is 1. The quantitative estimate of drug-likeness (QED) is 0.715. The van der Waals surface area contributed by atoms with Crippen LogP contribution in [0.5, 0.6) is 0 Å². The molecule has 5 nitrogen and oxygen atoms in total. The van der Waals surface area contributed by atoms with E-state index in [9.17, 15) is 8.42 Å². The monoisotopic (exact) mass is 245 g/mol. The summed E-state index contributed by atoms with van der Waals surface area (Å²) in [5, 5.41) is 7.75. The van der Waals surface area contributed by atoms with E-state index in [0.717, 1.165) is 13.1 Å². The second-order valence-electron chi connectivity index (χ2n) is 4.15. The minimum atomic E-state index is -3.43. The van der Waals surface area contributed by atoms with Gasteiger partial charge >= 0.3 is 0 Å². The molecule has 1 heterocycles. The van der Waals surface area contributed by atoms with Crippen molar-refractivity contribution in [2.24, 2.45) is 0 Å². The van der Waals surface area contributed by atoms with Crippen molar-refractivity contribution in [2.75, 3.05) is 26.2 Å². The van der Waals surface area contributed by atoms with Gasteiger partial charge in [-0.3, -0.25) is 4.90 Å². The maximum absolute atomic E-state index is 11.9. The molecule has 0 radical (unpaired) electrons. The molecule has 0 aromatic heterocycles. The molecule has 0 N–H and O–H groups in total. The van der Waals surface area contributed by atoms with Gasteiger partial charge < -0.3 is 0 Å². The molecule has 0 bridgehead atoms. The number of piperazine rings is 1. The lowest BCUT2D eigenvalue weighted by Crippen LogP contribution is -2.54.